The summed E-state index contributed by atoms with van der Waals surface area (Å²) in [5.41, 5.74) is 1.26. The van der Waals surface area contributed by atoms with Crippen molar-refractivity contribution in [2.24, 2.45) is 11.8 Å². The van der Waals surface area contributed by atoms with Gasteiger partial charge < -0.3 is 4.43 Å². The predicted octanol–water partition coefficient (Wildman–Crippen LogP) is 5.51. The Kier molecular flexibility index (Phi) is 4.53. The summed E-state index contributed by atoms with van der Waals surface area (Å²) in [6.07, 6.45) is 4.77. The van der Waals surface area contributed by atoms with E-state index in [2.05, 4.69) is 60.4 Å². The van der Waals surface area contributed by atoms with E-state index in [-0.39, 0.29) is 5.04 Å². The minimum atomic E-state index is -1.70. The fourth-order valence-corrected chi connectivity index (χ4v) is 3.15. The van der Waals surface area contributed by atoms with Gasteiger partial charge in [0.2, 0.25) is 8.32 Å². The largest absolute Gasteiger partial charge is 0.547 e. The molecule has 104 valence electrons. The van der Waals surface area contributed by atoms with Crippen molar-refractivity contribution in [1.82, 2.24) is 0 Å². The third kappa shape index (κ3) is 3.50. The van der Waals surface area contributed by atoms with E-state index in [1.807, 2.05) is 0 Å². The molecular formula is C16H30OSi. The molecule has 0 fully saturated rings. The van der Waals surface area contributed by atoms with E-state index >= 15 is 0 Å². The summed E-state index contributed by atoms with van der Waals surface area (Å²) in [5.74, 6) is 2.30. The standard InChI is InChI=1S/C16H30OSi/c1-12(2)14-10-9-13(3)15(11-14)17-18(7,8)16(4,5)6/h11,13-14H,1,9-10H2,2-8H3/t13-,14-/m1/s1. The van der Waals surface area contributed by atoms with E-state index in [0.29, 0.717) is 11.8 Å². The Morgan fingerprint density at radius 1 is 1.33 bits per heavy atom. The van der Waals surface area contributed by atoms with Crippen LogP contribution in [0.15, 0.2) is 24.0 Å². The van der Waals surface area contributed by atoms with E-state index in [1.165, 1.54) is 24.2 Å². The lowest BCUT2D eigenvalue weighted by atomic mass is 9.85. The van der Waals surface area contributed by atoms with Gasteiger partial charge in [0.05, 0.1) is 5.76 Å². The van der Waals surface area contributed by atoms with Gasteiger partial charge in [-0.3, -0.25) is 0 Å². The summed E-state index contributed by atoms with van der Waals surface area (Å²) in [7, 11) is -1.70. The highest BCUT2D eigenvalue weighted by Gasteiger charge is 2.40. The van der Waals surface area contributed by atoms with Gasteiger partial charge in [-0.1, -0.05) is 39.8 Å². The van der Waals surface area contributed by atoms with Crippen molar-refractivity contribution in [3.8, 4) is 0 Å². The lowest BCUT2D eigenvalue weighted by Crippen LogP contribution is -2.41. The summed E-state index contributed by atoms with van der Waals surface area (Å²) in [5, 5.41) is 0.268. The zero-order valence-electron chi connectivity index (χ0n) is 13.3. The van der Waals surface area contributed by atoms with Gasteiger partial charge in [-0.05, 0) is 44.0 Å². The molecule has 0 aromatic carbocycles. The zero-order chi connectivity index (χ0) is 14.1. The van der Waals surface area contributed by atoms with Gasteiger partial charge in [-0.25, -0.2) is 0 Å². The Balaban J connectivity index is 2.90. The molecule has 1 nitrogen and oxygen atoms in total. The van der Waals surface area contributed by atoms with Gasteiger partial charge in [0.1, 0.15) is 0 Å². The van der Waals surface area contributed by atoms with Crippen molar-refractivity contribution in [1.29, 1.82) is 0 Å². The zero-order valence-corrected chi connectivity index (χ0v) is 14.3. The van der Waals surface area contributed by atoms with Crippen LogP contribution in [0.4, 0.5) is 0 Å². The number of hydrogen-bond acceptors (Lipinski definition) is 1. The highest BCUT2D eigenvalue weighted by Crippen LogP contribution is 2.41. The molecule has 0 amide bonds. The molecule has 2 heteroatoms. The van der Waals surface area contributed by atoms with Gasteiger partial charge in [0, 0.05) is 11.8 Å². The fraction of sp³-hybridized carbons (Fsp3) is 0.750. The third-order valence-electron chi connectivity index (χ3n) is 4.57. The average Bonchev–Trinajstić information content (AvgIpc) is 2.18. The number of hydrogen-bond donors (Lipinski definition) is 0. The summed E-state index contributed by atoms with van der Waals surface area (Å²) >= 11 is 0. The van der Waals surface area contributed by atoms with Gasteiger partial charge in [-0.2, -0.15) is 0 Å². The minimum Gasteiger partial charge on any atom is -0.547 e. The first-order valence-corrected chi connectivity index (χ1v) is 10.0. The molecule has 0 radical (unpaired) electrons. The molecular weight excluding hydrogens is 236 g/mol. The first-order valence-electron chi connectivity index (χ1n) is 7.11. The predicted molar refractivity (Wildman–Crippen MR) is 83.1 cm³/mol. The topological polar surface area (TPSA) is 9.23 Å². The first-order chi connectivity index (χ1) is 8.04. The summed E-state index contributed by atoms with van der Waals surface area (Å²) in [6, 6.07) is 0. The second kappa shape index (κ2) is 5.24. The van der Waals surface area contributed by atoms with E-state index in [4.69, 9.17) is 4.43 Å². The van der Waals surface area contributed by atoms with Gasteiger partial charge >= 0.3 is 0 Å². The van der Waals surface area contributed by atoms with E-state index in [9.17, 15) is 0 Å². The van der Waals surface area contributed by atoms with Crippen molar-refractivity contribution in [2.45, 2.75) is 65.6 Å². The SMILES string of the molecule is C=C(C)[C@H]1C=C(O[Si](C)(C)C(C)(C)C)[C@H](C)CC1. The van der Waals surface area contributed by atoms with Crippen LogP contribution in [0.5, 0.6) is 0 Å². The summed E-state index contributed by atoms with van der Waals surface area (Å²) in [6.45, 7) is 20.0. The molecule has 1 aliphatic rings. The van der Waals surface area contributed by atoms with Crippen LogP contribution in [0.1, 0.15) is 47.5 Å². The molecule has 0 saturated carbocycles. The molecule has 0 spiro atoms. The Bertz CT molecular complexity index is 347. The molecule has 0 saturated heterocycles. The molecule has 0 bridgehead atoms. The van der Waals surface area contributed by atoms with Crippen LogP contribution < -0.4 is 0 Å². The molecule has 18 heavy (non-hydrogen) atoms. The van der Waals surface area contributed by atoms with Crippen molar-refractivity contribution < 1.29 is 4.43 Å². The maximum Gasteiger partial charge on any atom is 0.250 e. The monoisotopic (exact) mass is 266 g/mol. The van der Waals surface area contributed by atoms with E-state index < -0.39 is 8.32 Å². The molecule has 1 rings (SSSR count). The van der Waals surface area contributed by atoms with E-state index in [0.717, 1.165) is 0 Å². The van der Waals surface area contributed by atoms with Crippen LogP contribution in [0.3, 0.4) is 0 Å². The minimum absolute atomic E-state index is 0.268. The second-order valence-corrected chi connectivity index (χ2v) is 12.1. The molecule has 0 aromatic heterocycles. The summed E-state index contributed by atoms with van der Waals surface area (Å²) < 4.78 is 6.49. The smallest absolute Gasteiger partial charge is 0.250 e. The lowest BCUT2D eigenvalue weighted by molar-refractivity contribution is 0.294. The highest BCUT2D eigenvalue weighted by molar-refractivity contribution is 6.74. The molecule has 0 aliphatic heterocycles. The normalized spacial score (nSPS) is 25.6. The maximum atomic E-state index is 6.49. The summed E-state index contributed by atoms with van der Waals surface area (Å²) in [4.78, 5) is 0. The molecule has 0 unspecified atom stereocenters. The molecule has 0 N–H and O–H groups in total. The molecule has 0 heterocycles. The first kappa shape index (κ1) is 15.6. The fourth-order valence-electron chi connectivity index (χ4n) is 1.99. The van der Waals surface area contributed by atoms with Crippen LogP contribution in [-0.2, 0) is 4.43 Å². The van der Waals surface area contributed by atoms with Crippen LogP contribution in [0.2, 0.25) is 18.1 Å². The Hall–Kier alpha value is -0.503. The van der Waals surface area contributed by atoms with Crippen molar-refractivity contribution in [3.05, 3.63) is 24.0 Å². The van der Waals surface area contributed by atoms with E-state index in [1.54, 1.807) is 0 Å². The second-order valence-electron chi connectivity index (χ2n) is 7.36. The molecule has 0 aromatic rings. The van der Waals surface area contributed by atoms with Crippen molar-refractivity contribution in [3.63, 3.8) is 0 Å². The quantitative estimate of drug-likeness (QED) is 0.483. The molecule has 1 aliphatic carbocycles. The molecule has 2 atom stereocenters. The Morgan fingerprint density at radius 2 is 1.89 bits per heavy atom. The van der Waals surface area contributed by atoms with Gasteiger partial charge in [0.25, 0.3) is 0 Å². The van der Waals surface area contributed by atoms with Gasteiger partial charge in [-0.15, -0.1) is 0 Å². The maximum absolute atomic E-state index is 6.49. The third-order valence-corrected chi connectivity index (χ3v) is 8.93. The van der Waals surface area contributed by atoms with Gasteiger partial charge in [0.15, 0.2) is 0 Å². The number of allylic oxidation sites excluding steroid dienone is 3. The number of rotatable bonds is 3. The van der Waals surface area contributed by atoms with Crippen LogP contribution in [0.25, 0.3) is 0 Å². The van der Waals surface area contributed by atoms with Crippen molar-refractivity contribution >= 4 is 8.32 Å². The Morgan fingerprint density at radius 3 is 2.33 bits per heavy atom. The van der Waals surface area contributed by atoms with Crippen LogP contribution in [0, 0.1) is 11.8 Å². The lowest BCUT2D eigenvalue weighted by Gasteiger charge is -2.40. The average molecular weight is 267 g/mol. The van der Waals surface area contributed by atoms with Crippen LogP contribution in [-0.4, -0.2) is 8.32 Å². The Labute approximate surface area is 114 Å². The van der Waals surface area contributed by atoms with Crippen LogP contribution >= 0.6 is 0 Å². The highest BCUT2D eigenvalue weighted by atomic mass is 28.4. The van der Waals surface area contributed by atoms with Crippen molar-refractivity contribution in [2.75, 3.05) is 0 Å².